The van der Waals surface area contributed by atoms with Gasteiger partial charge in [0, 0.05) is 29.8 Å². The molecule has 0 saturated carbocycles. The normalized spacial score (nSPS) is 10.9. The fourth-order valence-electron chi connectivity index (χ4n) is 2.62. The lowest BCUT2D eigenvalue weighted by atomic mass is 10.1. The SMILES string of the molecule is O=Cc1cc[n+](CCC[n+]2ccc(C=Cc3ccccc3)cc2)cc1. The number of pyridine rings is 2. The molecule has 0 aliphatic rings. The average molecular weight is 330 g/mol. The average Bonchev–Trinajstić information content (AvgIpc) is 2.69. The molecule has 0 radical (unpaired) electrons. The van der Waals surface area contributed by atoms with E-state index >= 15 is 0 Å². The largest absolute Gasteiger partial charge is 0.298 e. The molecule has 2 aromatic heterocycles. The maximum atomic E-state index is 10.7. The van der Waals surface area contributed by atoms with Gasteiger partial charge in [0.25, 0.3) is 0 Å². The van der Waals surface area contributed by atoms with E-state index in [1.807, 2.05) is 42.7 Å². The van der Waals surface area contributed by atoms with E-state index < -0.39 is 0 Å². The highest BCUT2D eigenvalue weighted by atomic mass is 16.1. The Bertz CT molecular complexity index is 822. The molecular weight excluding hydrogens is 308 g/mol. The number of hydrogen-bond acceptors (Lipinski definition) is 1. The molecule has 124 valence electrons. The summed E-state index contributed by atoms with van der Waals surface area (Å²) in [6.45, 7) is 1.90. The van der Waals surface area contributed by atoms with Crippen LogP contribution in [0.15, 0.2) is 79.4 Å². The van der Waals surface area contributed by atoms with Crippen molar-refractivity contribution in [1.29, 1.82) is 0 Å². The van der Waals surface area contributed by atoms with Crippen LogP contribution in [-0.2, 0) is 13.1 Å². The van der Waals surface area contributed by atoms with Gasteiger partial charge in [-0.15, -0.1) is 0 Å². The molecule has 3 aromatic rings. The van der Waals surface area contributed by atoms with Gasteiger partial charge in [-0.1, -0.05) is 42.5 Å². The quantitative estimate of drug-likeness (QED) is 0.482. The Morgan fingerprint density at radius 2 is 1.12 bits per heavy atom. The molecule has 0 N–H and O–H groups in total. The van der Waals surface area contributed by atoms with E-state index in [0.717, 1.165) is 25.8 Å². The molecule has 0 fully saturated rings. The van der Waals surface area contributed by atoms with Crippen LogP contribution in [0.25, 0.3) is 12.2 Å². The molecule has 0 aliphatic heterocycles. The summed E-state index contributed by atoms with van der Waals surface area (Å²) in [5, 5.41) is 0. The summed E-state index contributed by atoms with van der Waals surface area (Å²) >= 11 is 0. The fraction of sp³-hybridized carbons (Fsp3) is 0.136. The second kappa shape index (κ2) is 8.69. The Morgan fingerprint density at radius 3 is 1.64 bits per heavy atom. The van der Waals surface area contributed by atoms with Crippen LogP contribution in [0.3, 0.4) is 0 Å². The number of carbonyl (C=O) groups is 1. The summed E-state index contributed by atoms with van der Waals surface area (Å²) in [4.78, 5) is 10.7. The maximum Gasteiger partial charge on any atom is 0.169 e. The van der Waals surface area contributed by atoms with Crippen molar-refractivity contribution in [2.24, 2.45) is 0 Å². The second-order valence-electron chi connectivity index (χ2n) is 5.95. The summed E-state index contributed by atoms with van der Waals surface area (Å²) in [6, 6.07) is 18.3. The molecule has 25 heavy (non-hydrogen) atoms. The lowest BCUT2D eigenvalue weighted by molar-refractivity contribution is -0.726. The van der Waals surface area contributed by atoms with Crippen LogP contribution in [-0.4, -0.2) is 6.29 Å². The van der Waals surface area contributed by atoms with Crippen LogP contribution >= 0.6 is 0 Å². The van der Waals surface area contributed by atoms with Gasteiger partial charge in [0.2, 0.25) is 0 Å². The molecule has 0 unspecified atom stereocenters. The third kappa shape index (κ3) is 5.21. The van der Waals surface area contributed by atoms with Crippen molar-refractivity contribution in [3.8, 4) is 0 Å². The molecule has 0 bridgehead atoms. The minimum absolute atomic E-state index is 0.713. The Kier molecular flexibility index (Phi) is 5.83. The van der Waals surface area contributed by atoms with Gasteiger partial charge in [-0.3, -0.25) is 4.79 Å². The van der Waals surface area contributed by atoms with Crippen LogP contribution < -0.4 is 9.13 Å². The maximum absolute atomic E-state index is 10.7. The summed E-state index contributed by atoms with van der Waals surface area (Å²) < 4.78 is 4.30. The minimum Gasteiger partial charge on any atom is -0.298 e. The summed E-state index contributed by atoms with van der Waals surface area (Å²) in [5.74, 6) is 0. The van der Waals surface area contributed by atoms with Gasteiger partial charge in [-0.2, -0.15) is 0 Å². The van der Waals surface area contributed by atoms with Crippen LogP contribution in [0, 0.1) is 0 Å². The van der Waals surface area contributed by atoms with Crippen LogP contribution in [0.1, 0.15) is 27.9 Å². The van der Waals surface area contributed by atoms with Crippen molar-refractivity contribution in [1.82, 2.24) is 0 Å². The third-order valence-corrected chi connectivity index (χ3v) is 4.07. The van der Waals surface area contributed by atoms with Gasteiger partial charge in [-0.05, 0) is 11.1 Å². The Balaban J connectivity index is 1.50. The van der Waals surface area contributed by atoms with Gasteiger partial charge < -0.3 is 0 Å². The minimum atomic E-state index is 0.713. The first-order valence-corrected chi connectivity index (χ1v) is 8.50. The highest BCUT2D eigenvalue weighted by Crippen LogP contribution is 2.06. The zero-order valence-electron chi connectivity index (χ0n) is 14.2. The van der Waals surface area contributed by atoms with E-state index in [-0.39, 0.29) is 0 Å². The Labute approximate surface area is 148 Å². The predicted octanol–water partition coefficient (Wildman–Crippen LogP) is 3.33. The first-order chi connectivity index (χ1) is 12.3. The number of aromatic nitrogens is 2. The van der Waals surface area contributed by atoms with Gasteiger partial charge in [-0.25, -0.2) is 9.13 Å². The standard InChI is InChI=1S/C22H22N2O/c25-19-22-11-17-24(18-12-22)14-4-13-23-15-9-21(10-16-23)8-7-20-5-2-1-3-6-20/h1-3,5-12,15-19H,4,13-14H2/q+2. The number of benzene rings is 1. The number of carbonyl (C=O) groups excluding carboxylic acids is 1. The third-order valence-electron chi connectivity index (χ3n) is 4.07. The predicted molar refractivity (Wildman–Crippen MR) is 98.6 cm³/mol. The van der Waals surface area contributed by atoms with Gasteiger partial charge in [0.05, 0.1) is 6.42 Å². The van der Waals surface area contributed by atoms with E-state index in [1.54, 1.807) is 0 Å². The van der Waals surface area contributed by atoms with E-state index in [0.29, 0.717) is 5.56 Å². The van der Waals surface area contributed by atoms with E-state index in [9.17, 15) is 4.79 Å². The molecular formula is C22H22N2O+2. The molecule has 2 heterocycles. The van der Waals surface area contributed by atoms with Gasteiger partial charge >= 0.3 is 0 Å². The van der Waals surface area contributed by atoms with Crippen molar-refractivity contribution in [3.05, 3.63) is 96.1 Å². The molecule has 0 atom stereocenters. The monoisotopic (exact) mass is 330 g/mol. The number of aldehydes is 1. The second-order valence-corrected chi connectivity index (χ2v) is 5.95. The van der Waals surface area contributed by atoms with Crippen LogP contribution in [0.2, 0.25) is 0 Å². The zero-order chi connectivity index (χ0) is 17.3. The highest BCUT2D eigenvalue weighted by molar-refractivity contribution is 5.73. The topological polar surface area (TPSA) is 24.8 Å². The molecule has 0 aliphatic carbocycles. The van der Waals surface area contributed by atoms with Crippen LogP contribution in [0.4, 0.5) is 0 Å². The lowest BCUT2D eigenvalue weighted by Crippen LogP contribution is -2.38. The Morgan fingerprint density at radius 1 is 0.640 bits per heavy atom. The van der Waals surface area contributed by atoms with Crippen molar-refractivity contribution in [2.75, 3.05) is 0 Å². The molecule has 3 heteroatoms. The summed E-state index contributed by atoms with van der Waals surface area (Å²) in [7, 11) is 0. The van der Waals surface area contributed by atoms with E-state index in [2.05, 4.69) is 57.9 Å². The van der Waals surface area contributed by atoms with Crippen molar-refractivity contribution >= 4 is 18.4 Å². The highest BCUT2D eigenvalue weighted by Gasteiger charge is 2.04. The van der Waals surface area contributed by atoms with Gasteiger partial charge in [0.1, 0.15) is 0 Å². The molecule has 3 rings (SSSR count). The number of nitrogens with zero attached hydrogens (tertiary/aromatic N) is 2. The summed E-state index contributed by atoms with van der Waals surface area (Å²) in [6.07, 6.45) is 14.3. The molecule has 0 saturated heterocycles. The molecule has 0 spiro atoms. The summed E-state index contributed by atoms with van der Waals surface area (Å²) in [5.41, 5.74) is 3.11. The smallest absolute Gasteiger partial charge is 0.169 e. The molecule has 3 nitrogen and oxygen atoms in total. The lowest BCUT2D eigenvalue weighted by Gasteiger charge is -1.98. The van der Waals surface area contributed by atoms with Crippen molar-refractivity contribution in [3.63, 3.8) is 0 Å². The zero-order valence-corrected chi connectivity index (χ0v) is 14.2. The molecule has 1 aromatic carbocycles. The van der Waals surface area contributed by atoms with E-state index in [4.69, 9.17) is 0 Å². The Hall–Kier alpha value is -3.07. The van der Waals surface area contributed by atoms with Gasteiger partial charge in [0.15, 0.2) is 44.2 Å². The van der Waals surface area contributed by atoms with Crippen molar-refractivity contribution < 1.29 is 13.9 Å². The van der Waals surface area contributed by atoms with Crippen molar-refractivity contribution in [2.45, 2.75) is 19.5 Å². The van der Waals surface area contributed by atoms with Crippen LogP contribution in [0.5, 0.6) is 0 Å². The number of aryl methyl sites for hydroxylation is 2. The number of rotatable bonds is 7. The number of hydrogen-bond donors (Lipinski definition) is 0. The first-order valence-electron chi connectivity index (χ1n) is 8.50. The molecule has 0 amide bonds. The fourth-order valence-corrected chi connectivity index (χ4v) is 2.62. The van der Waals surface area contributed by atoms with E-state index in [1.165, 1.54) is 11.1 Å². The first kappa shape index (κ1) is 16.8.